The van der Waals surface area contributed by atoms with Crippen LogP contribution in [0.15, 0.2) is 28.7 Å². The Labute approximate surface area is 128 Å². The summed E-state index contributed by atoms with van der Waals surface area (Å²) in [5.74, 6) is 1.72. The molecule has 116 valence electrons. The van der Waals surface area contributed by atoms with E-state index in [0.717, 1.165) is 24.4 Å². The Hall–Kier alpha value is -1.32. The molecule has 0 aliphatic carbocycles. The maximum Gasteiger partial charge on any atom is 0.134 e. The zero-order chi connectivity index (χ0) is 15.4. The Morgan fingerprint density at radius 2 is 1.90 bits per heavy atom. The number of fused-ring (bicyclic) bond motifs is 1. The van der Waals surface area contributed by atoms with Gasteiger partial charge in [0.05, 0.1) is 0 Å². The van der Waals surface area contributed by atoms with Crippen LogP contribution in [0.1, 0.15) is 31.6 Å². The molecule has 0 aliphatic rings. The number of hydrogen-bond donors (Lipinski definition) is 1. The second kappa shape index (κ2) is 7.10. The average Bonchev–Trinajstić information content (AvgIpc) is 2.70. The minimum atomic E-state index is 0.507. The molecule has 2 rings (SSSR count). The molecule has 3 heteroatoms. The molecule has 1 atom stereocenters. The molecule has 3 nitrogen and oxygen atoms in total. The van der Waals surface area contributed by atoms with Gasteiger partial charge in [0.2, 0.25) is 0 Å². The lowest BCUT2D eigenvalue weighted by atomic mass is 10.0. The fourth-order valence-corrected chi connectivity index (χ4v) is 2.92. The van der Waals surface area contributed by atoms with E-state index in [1.54, 1.807) is 0 Å². The highest BCUT2D eigenvalue weighted by atomic mass is 16.3. The summed E-state index contributed by atoms with van der Waals surface area (Å²) >= 11 is 0. The Morgan fingerprint density at radius 3 is 2.57 bits per heavy atom. The molecule has 0 bridgehead atoms. The molecule has 0 saturated carbocycles. The molecule has 0 saturated heterocycles. The summed E-state index contributed by atoms with van der Waals surface area (Å²) in [6.07, 6.45) is 1.19. The molecule has 2 aromatic rings. The van der Waals surface area contributed by atoms with E-state index in [-0.39, 0.29) is 0 Å². The largest absolute Gasteiger partial charge is 0.461 e. The molecule has 1 heterocycles. The first-order chi connectivity index (χ1) is 9.97. The van der Waals surface area contributed by atoms with Gasteiger partial charge in [-0.1, -0.05) is 32.0 Å². The van der Waals surface area contributed by atoms with Crippen LogP contribution in [0.4, 0.5) is 0 Å². The van der Waals surface area contributed by atoms with Crippen LogP contribution in [-0.2, 0) is 6.54 Å². The van der Waals surface area contributed by atoms with Crippen LogP contribution in [0, 0.1) is 12.8 Å². The molecule has 0 amide bonds. The number of hydrogen-bond acceptors (Lipinski definition) is 3. The van der Waals surface area contributed by atoms with E-state index in [9.17, 15) is 0 Å². The topological polar surface area (TPSA) is 28.4 Å². The number of benzene rings is 1. The molecule has 21 heavy (non-hydrogen) atoms. The highest BCUT2D eigenvalue weighted by molar-refractivity contribution is 5.82. The first-order valence-corrected chi connectivity index (χ1v) is 7.82. The Morgan fingerprint density at radius 1 is 1.19 bits per heavy atom. The number of nitrogens with zero attached hydrogens (tertiary/aromatic N) is 1. The van der Waals surface area contributed by atoms with Gasteiger partial charge in [0.25, 0.3) is 0 Å². The quantitative estimate of drug-likeness (QED) is 0.840. The minimum Gasteiger partial charge on any atom is -0.461 e. The predicted molar refractivity (Wildman–Crippen MR) is 89.6 cm³/mol. The van der Waals surface area contributed by atoms with E-state index in [0.29, 0.717) is 12.0 Å². The maximum absolute atomic E-state index is 5.84. The Bertz CT molecular complexity index is 562. The molecule has 1 N–H and O–H groups in total. The molecule has 1 unspecified atom stereocenters. The summed E-state index contributed by atoms with van der Waals surface area (Å²) < 4.78 is 5.84. The third kappa shape index (κ3) is 4.32. The van der Waals surface area contributed by atoms with Crippen molar-refractivity contribution in [3.05, 3.63) is 35.6 Å². The lowest BCUT2D eigenvalue weighted by molar-refractivity contribution is 0.304. The van der Waals surface area contributed by atoms with Crippen molar-refractivity contribution in [2.75, 3.05) is 20.6 Å². The van der Waals surface area contributed by atoms with Gasteiger partial charge in [-0.05, 0) is 39.4 Å². The number of aryl methyl sites for hydroxylation is 1. The Kier molecular flexibility index (Phi) is 5.43. The summed E-state index contributed by atoms with van der Waals surface area (Å²) in [5.41, 5.74) is 2.28. The lowest BCUT2D eigenvalue weighted by Crippen LogP contribution is -2.38. The summed E-state index contributed by atoms with van der Waals surface area (Å²) in [7, 11) is 4.26. The van der Waals surface area contributed by atoms with Crippen molar-refractivity contribution >= 4 is 11.0 Å². The van der Waals surface area contributed by atoms with Crippen molar-refractivity contribution in [1.82, 2.24) is 10.2 Å². The number of para-hydroxylation sites is 1. The molecule has 0 fully saturated rings. The Balaban J connectivity index is 2.09. The van der Waals surface area contributed by atoms with Gasteiger partial charge < -0.3 is 14.6 Å². The van der Waals surface area contributed by atoms with E-state index in [4.69, 9.17) is 4.42 Å². The molecular formula is C18H28N2O. The smallest absolute Gasteiger partial charge is 0.134 e. The van der Waals surface area contributed by atoms with Gasteiger partial charge in [0.15, 0.2) is 0 Å². The standard InChI is InChI=1S/C18H28N2O/c1-13(2)10-15(12-20(4)5)19-11-17-14(3)21-18-9-7-6-8-16(17)18/h6-9,13,15,19H,10-12H2,1-5H3. The van der Waals surface area contributed by atoms with Gasteiger partial charge in [-0.25, -0.2) is 0 Å². The second-order valence-corrected chi connectivity index (χ2v) is 6.60. The van der Waals surface area contributed by atoms with Gasteiger partial charge >= 0.3 is 0 Å². The molecule has 1 aromatic heterocycles. The number of rotatable bonds is 7. The van der Waals surface area contributed by atoms with Crippen LogP contribution in [-0.4, -0.2) is 31.6 Å². The fourth-order valence-electron chi connectivity index (χ4n) is 2.92. The summed E-state index contributed by atoms with van der Waals surface area (Å²) in [6, 6.07) is 8.79. The van der Waals surface area contributed by atoms with E-state index >= 15 is 0 Å². The third-order valence-corrected chi connectivity index (χ3v) is 3.81. The molecular weight excluding hydrogens is 260 g/mol. The fraction of sp³-hybridized carbons (Fsp3) is 0.556. The van der Waals surface area contributed by atoms with E-state index < -0.39 is 0 Å². The average molecular weight is 288 g/mol. The minimum absolute atomic E-state index is 0.507. The monoisotopic (exact) mass is 288 g/mol. The van der Waals surface area contributed by atoms with Gasteiger partial charge in [0.1, 0.15) is 11.3 Å². The van der Waals surface area contributed by atoms with Gasteiger partial charge in [0, 0.05) is 30.1 Å². The first kappa shape index (κ1) is 16.1. The van der Waals surface area contributed by atoms with E-state index in [2.05, 4.69) is 57.2 Å². The van der Waals surface area contributed by atoms with Gasteiger partial charge in [-0.2, -0.15) is 0 Å². The summed E-state index contributed by atoms with van der Waals surface area (Å²) in [5, 5.41) is 4.95. The first-order valence-electron chi connectivity index (χ1n) is 7.82. The highest BCUT2D eigenvalue weighted by Crippen LogP contribution is 2.25. The van der Waals surface area contributed by atoms with Gasteiger partial charge in [-0.15, -0.1) is 0 Å². The van der Waals surface area contributed by atoms with Crippen LogP contribution in [0.2, 0.25) is 0 Å². The van der Waals surface area contributed by atoms with Crippen LogP contribution in [0.3, 0.4) is 0 Å². The summed E-state index contributed by atoms with van der Waals surface area (Å²) in [4.78, 5) is 2.25. The van der Waals surface area contributed by atoms with Crippen molar-refractivity contribution in [3.63, 3.8) is 0 Å². The van der Waals surface area contributed by atoms with Crippen LogP contribution < -0.4 is 5.32 Å². The number of likely N-dealkylation sites (N-methyl/N-ethyl adjacent to an activating group) is 1. The molecule has 0 radical (unpaired) electrons. The maximum atomic E-state index is 5.84. The number of furan rings is 1. The van der Waals surface area contributed by atoms with Crippen LogP contribution >= 0.6 is 0 Å². The third-order valence-electron chi connectivity index (χ3n) is 3.81. The number of nitrogens with one attached hydrogen (secondary N) is 1. The van der Waals surface area contributed by atoms with Crippen molar-refractivity contribution < 1.29 is 4.42 Å². The normalized spacial score (nSPS) is 13.5. The van der Waals surface area contributed by atoms with Gasteiger partial charge in [-0.3, -0.25) is 0 Å². The zero-order valence-electron chi connectivity index (χ0n) is 13.9. The van der Waals surface area contributed by atoms with E-state index in [1.807, 2.05) is 12.1 Å². The molecule has 0 spiro atoms. The predicted octanol–water partition coefficient (Wildman–Crippen LogP) is 3.81. The molecule has 1 aromatic carbocycles. The van der Waals surface area contributed by atoms with Crippen molar-refractivity contribution in [2.24, 2.45) is 5.92 Å². The molecule has 0 aliphatic heterocycles. The van der Waals surface area contributed by atoms with E-state index in [1.165, 1.54) is 17.4 Å². The van der Waals surface area contributed by atoms with Crippen molar-refractivity contribution in [2.45, 2.75) is 39.8 Å². The highest BCUT2D eigenvalue weighted by Gasteiger charge is 2.15. The SMILES string of the molecule is Cc1oc2ccccc2c1CNC(CC(C)C)CN(C)C. The lowest BCUT2D eigenvalue weighted by Gasteiger charge is -2.24. The zero-order valence-corrected chi connectivity index (χ0v) is 13.9. The summed E-state index contributed by atoms with van der Waals surface area (Å²) in [6.45, 7) is 8.55. The van der Waals surface area contributed by atoms with Crippen molar-refractivity contribution in [1.29, 1.82) is 0 Å². The second-order valence-electron chi connectivity index (χ2n) is 6.60. The van der Waals surface area contributed by atoms with Crippen molar-refractivity contribution in [3.8, 4) is 0 Å². The van der Waals surface area contributed by atoms with Crippen LogP contribution in [0.5, 0.6) is 0 Å². The van der Waals surface area contributed by atoms with Crippen LogP contribution in [0.25, 0.3) is 11.0 Å².